The average molecular weight is 298 g/mol. The molecule has 0 bridgehead atoms. The third-order valence-electron chi connectivity index (χ3n) is 3.12. The zero-order valence-electron chi connectivity index (χ0n) is 13.3. The average Bonchev–Trinajstić information content (AvgIpc) is 2.72. The van der Waals surface area contributed by atoms with Crippen LogP contribution in [0.2, 0.25) is 0 Å². The van der Waals surface area contributed by atoms with E-state index in [-0.39, 0.29) is 24.3 Å². The summed E-state index contributed by atoms with van der Waals surface area (Å²) in [5, 5.41) is 15.6. The first-order valence-corrected chi connectivity index (χ1v) is 6.77. The number of carbonyl (C=O) groups is 1. The Kier molecular flexibility index (Phi) is 5.28. The molecule has 0 unspecified atom stereocenters. The Balaban J connectivity index is 3.47. The first-order valence-electron chi connectivity index (χ1n) is 6.77. The van der Waals surface area contributed by atoms with Crippen LogP contribution < -0.4 is 4.90 Å². The van der Waals surface area contributed by atoms with Crippen molar-refractivity contribution in [1.29, 1.82) is 0 Å². The minimum atomic E-state index is -0.455. The Morgan fingerprint density at radius 2 is 2.00 bits per heavy atom. The number of hydrogen-bond acceptors (Lipinski definition) is 6. The lowest BCUT2D eigenvalue weighted by atomic mass is 10.2. The van der Waals surface area contributed by atoms with Gasteiger partial charge in [0, 0.05) is 12.1 Å². The molecule has 21 heavy (non-hydrogen) atoms. The fourth-order valence-corrected chi connectivity index (χ4v) is 2.07. The molecule has 8 nitrogen and oxygen atoms in total. The molecule has 0 aliphatic heterocycles. The van der Waals surface area contributed by atoms with Gasteiger partial charge in [-0.05, 0) is 34.6 Å². The molecule has 0 aromatic carbocycles. The van der Waals surface area contributed by atoms with Crippen LogP contribution in [-0.2, 0) is 9.53 Å². The molecule has 1 aromatic heterocycles. The van der Waals surface area contributed by atoms with Gasteiger partial charge in [-0.15, -0.1) is 0 Å². The molecule has 8 heteroatoms. The van der Waals surface area contributed by atoms with Crippen LogP contribution >= 0.6 is 0 Å². The van der Waals surface area contributed by atoms with Gasteiger partial charge in [-0.25, -0.2) is 4.68 Å². The number of rotatable bonds is 6. The van der Waals surface area contributed by atoms with Gasteiger partial charge in [0.1, 0.15) is 12.2 Å². The van der Waals surface area contributed by atoms with Crippen molar-refractivity contribution in [2.75, 3.05) is 18.6 Å². The second kappa shape index (κ2) is 6.55. The van der Waals surface area contributed by atoms with Gasteiger partial charge in [0.05, 0.1) is 12.0 Å². The van der Waals surface area contributed by atoms with E-state index in [1.165, 1.54) is 7.11 Å². The first kappa shape index (κ1) is 16.9. The molecule has 0 amide bonds. The zero-order valence-corrected chi connectivity index (χ0v) is 13.3. The van der Waals surface area contributed by atoms with Gasteiger partial charge in [0.15, 0.2) is 0 Å². The van der Waals surface area contributed by atoms with E-state index in [0.717, 1.165) is 0 Å². The van der Waals surface area contributed by atoms with Crippen molar-refractivity contribution in [3.05, 3.63) is 15.8 Å². The SMILES string of the molecule is COC(=O)CN(c1c([N+](=O)[O-])c(C)nn1C(C)C)C(C)C. The summed E-state index contributed by atoms with van der Waals surface area (Å²) in [4.78, 5) is 24.2. The fourth-order valence-electron chi connectivity index (χ4n) is 2.07. The molecular formula is C13H22N4O4. The molecule has 0 saturated heterocycles. The van der Waals surface area contributed by atoms with E-state index < -0.39 is 10.9 Å². The Bertz CT molecular complexity index is 537. The van der Waals surface area contributed by atoms with Crippen LogP contribution in [0.3, 0.4) is 0 Å². The molecule has 0 aliphatic rings. The van der Waals surface area contributed by atoms with E-state index in [1.54, 1.807) is 16.5 Å². The molecule has 0 radical (unpaired) electrons. The number of anilines is 1. The standard InChI is InChI=1S/C13H22N4O4/c1-8(2)15(7-11(18)21-6)13-12(17(19)20)10(5)14-16(13)9(3)4/h8-9H,7H2,1-6H3. The first-order chi connectivity index (χ1) is 9.70. The van der Waals surface area contributed by atoms with Crippen LogP contribution in [0.1, 0.15) is 39.4 Å². The summed E-state index contributed by atoms with van der Waals surface area (Å²) in [6, 6.07) is -0.178. The van der Waals surface area contributed by atoms with Crippen molar-refractivity contribution in [3.63, 3.8) is 0 Å². The Hall–Kier alpha value is -2.12. The second-order valence-corrected chi connectivity index (χ2v) is 5.35. The Labute approximate surface area is 123 Å². The van der Waals surface area contributed by atoms with Gasteiger partial charge in [0.2, 0.25) is 5.82 Å². The van der Waals surface area contributed by atoms with Gasteiger partial charge in [-0.2, -0.15) is 5.10 Å². The van der Waals surface area contributed by atoms with Gasteiger partial charge in [-0.1, -0.05) is 0 Å². The molecule has 1 aromatic rings. The van der Waals surface area contributed by atoms with Crippen LogP contribution in [0.5, 0.6) is 0 Å². The minimum Gasteiger partial charge on any atom is -0.468 e. The number of methoxy groups -OCH3 is 1. The monoisotopic (exact) mass is 298 g/mol. The van der Waals surface area contributed by atoms with E-state index in [0.29, 0.717) is 11.5 Å². The molecule has 0 fully saturated rings. The highest BCUT2D eigenvalue weighted by atomic mass is 16.6. The van der Waals surface area contributed by atoms with Gasteiger partial charge in [-0.3, -0.25) is 14.9 Å². The smallest absolute Gasteiger partial charge is 0.333 e. The highest BCUT2D eigenvalue weighted by Gasteiger charge is 2.32. The summed E-state index contributed by atoms with van der Waals surface area (Å²) < 4.78 is 6.26. The topological polar surface area (TPSA) is 90.5 Å². The molecule has 0 atom stereocenters. The molecule has 0 spiro atoms. The summed E-state index contributed by atoms with van der Waals surface area (Å²) in [5.41, 5.74) is 0.264. The predicted molar refractivity (Wildman–Crippen MR) is 78.5 cm³/mol. The maximum Gasteiger partial charge on any atom is 0.333 e. The minimum absolute atomic E-state index is 0.0626. The van der Waals surface area contributed by atoms with Gasteiger partial charge < -0.3 is 9.64 Å². The van der Waals surface area contributed by atoms with Crippen molar-refractivity contribution in [2.45, 2.75) is 46.7 Å². The molecular weight excluding hydrogens is 276 g/mol. The van der Waals surface area contributed by atoms with Crippen LogP contribution in [0.15, 0.2) is 0 Å². The summed E-state index contributed by atoms with van der Waals surface area (Å²) >= 11 is 0. The lowest BCUT2D eigenvalue weighted by Crippen LogP contribution is -2.38. The maximum absolute atomic E-state index is 11.6. The van der Waals surface area contributed by atoms with E-state index >= 15 is 0 Å². The predicted octanol–water partition coefficient (Wildman–Crippen LogP) is 2.07. The molecule has 1 rings (SSSR count). The van der Waals surface area contributed by atoms with Gasteiger partial charge >= 0.3 is 11.7 Å². The third kappa shape index (κ3) is 3.50. The highest BCUT2D eigenvalue weighted by molar-refractivity contribution is 5.77. The summed E-state index contributed by atoms with van der Waals surface area (Å²) in [7, 11) is 1.29. The summed E-state index contributed by atoms with van der Waals surface area (Å²) in [6.07, 6.45) is 0. The highest BCUT2D eigenvalue weighted by Crippen LogP contribution is 2.34. The molecule has 0 N–H and O–H groups in total. The van der Waals surface area contributed by atoms with Crippen LogP contribution in [0.4, 0.5) is 11.5 Å². The fraction of sp³-hybridized carbons (Fsp3) is 0.692. The van der Waals surface area contributed by atoms with Crippen molar-refractivity contribution in [1.82, 2.24) is 9.78 Å². The zero-order chi connectivity index (χ0) is 16.3. The summed E-state index contributed by atoms with van der Waals surface area (Å²) in [6.45, 7) is 9.02. The number of nitrogens with zero attached hydrogens (tertiary/aromatic N) is 4. The van der Waals surface area contributed by atoms with Crippen molar-refractivity contribution < 1.29 is 14.5 Å². The largest absolute Gasteiger partial charge is 0.468 e. The van der Waals surface area contributed by atoms with E-state index in [1.807, 2.05) is 27.7 Å². The number of nitro groups is 1. The second-order valence-electron chi connectivity index (χ2n) is 5.35. The quantitative estimate of drug-likeness (QED) is 0.453. The third-order valence-corrected chi connectivity index (χ3v) is 3.12. The lowest BCUT2D eigenvalue weighted by Gasteiger charge is -2.28. The van der Waals surface area contributed by atoms with E-state index in [9.17, 15) is 14.9 Å². The van der Waals surface area contributed by atoms with E-state index in [4.69, 9.17) is 0 Å². The maximum atomic E-state index is 11.6. The van der Waals surface area contributed by atoms with Crippen molar-refractivity contribution in [2.24, 2.45) is 0 Å². The van der Waals surface area contributed by atoms with Crippen LogP contribution in [-0.4, -0.2) is 40.4 Å². The number of ether oxygens (including phenoxy) is 1. The van der Waals surface area contributed by atoms with Crippen molar-refractivity contribution in [3.8, 4) is 0 Å². The number of aryl methyl sites for hydroxylation is 1. The van der Waals surface area contributed by atoms with E-state index in [2.05, 4.69) is 9.84 Å². The number of hydrogen-bond donors (Lipinski definition) is 0. The lowest BCUT2D eigenvalue weighted by molar-refractivity contribution is -0.384. The normalized spacial score (nSPS) is 11.0. The molecule has 0 aliphatic carbocycles. The summed E-state index contributed by atoms with van der Waals surface area (Å²) in [5.74, 6) is -0.111. The number of carbonyl (C=O) groups excluding carboxylic acids is 1. The van der Waals surface area contributed by atoms with Crippen molar-refractivity contribution >= 4 is 17.5 Å². The molecule has 118 valence electrons. The van der Waals surface area contributed by atoms with Gasteiger partial charge in [0.25, 0.3) is 0 Å². The molecule has 1 heterocycles. The Morgan fingerprint density at radius 1 is 1.43 bits per heavy atom. The molecule has 0 saturated carbocycles. The number of aromatic nitrogens is 2. The van der Waals surface area contributed by atoms with Crippen LogP contribution in [0.25, 0.3) is 0 Å². The Morgan fingerprint density at radius 3 is 2.38 bits per heavy atom. The number of esters is 1. The van der Waals surface area contributed by atoms with Crippen LogP contribution in [0, 0.1) is 17.0 Å².